The van der Waals surface area contributed by atoms with Gasteiger partial charge in [-0.1, -0.05) is 0 Å². The van der Waals surface area contributed by atoms with Crippen LogP contribution in [-0.2, 0) is 4.74 Å². The highest BCUT2D eigenvalue weighted by atomic mass is 19.1. The van der Waals surface area contributed by atoms with Crippen LogP contribution in [0.5, 0.6) is 5.75 Å². The Morgan fingerprint density at radius 3 is 2.75 bits per heavy atom. The molecule has 1 N–H and O–H groups in total. The topological polar surface area (TPSA) is 51.3 Å². The van der Waals surface area contributed by atoms with Crippen LogP contribution in [0.15, 0.2) is 18.3 Å². The summed E-state index contributed by atoms with van der Waals surface area (Å²) >= 11 is 0. The Kier molecular flexibility index (Phi) is 2.52. The van der Waals surface area contributed by atoms with Gasteiger partial charge in [-0.25, -0.2) is 9.18 Å². The van der Waals surface area contributed by atoms with Crippen LogP contribution in [0.2, 0.25) is 0 Å². The minimum absolute atomic E-state index is 0.302. The van der Waals surface area contributed by atoms with Gasteiger partial charge in [0.25, 0.3) is 0 Å². The summed E-state index contributed by atoms with van der Waals surface area (Å²) in [6, 6.07) is 2.52. The molecule has 2 rings (SSSR count). The first-order chi connectivity index (χ1) is 7.67. The Balaban J connectivity index is 2.74. The first kappa shape index (κ1) is 10.5. The molecule has 5 heteroatoms. The quantitative estimate of drug-likeness (QED) is 0.793. The molecular weight excluding hydrogens is 213 g/mol. The number of aromatic amines is 1. The zero-order valence-electron chi connectivity index (χ0n) is 8.83. The van der Waals surface area contributed by atoms with Gasteiger partial charge >= 0.3 is 5.97 Å². The Bertz CT molecular complexity index is 547. The SMILES string of the molecule is COC(=O)c1c[nH]c2cc(F)cc(OC)c12. The summed E-state index contributed by atoms with van der Waals surface area (Å²) in [5, 5.41) is 0.524. The number of esters is 1. The highest BCUT2D eigenvalue weighted by molar-refractivity contribution is 6.06. The van der Waals surface area contributed by atoms with Gasteiger partial charge in [-0.2, -0.15) is 0 Å². The van der Waals surface area contributed by atoms with Crippen LogP contribution in [0.25, 0.3) is 10.9 Å². The zero-order chi connectivity index (χ0) is 11.7. The van der Waals surface area contributed by atoms with Crippen LogP contribution in [0, 0.1) is 5.82 Å². The number of H-pyrrole nitrogens is 1. The number of carbonyl (C=O) groups is 1. The first-order valence-electron chi connectivity index (χ1n) is 4.60. The fraction of sp³-hybridized carbons (Fsp3) is 0.182. The number of halogens is 1. The molecule has 0 fully saturated rings. The molecule has 0 aliphatic rings. The number of fused-ring (bicyclic) bond motifs is 1. The van der Waals surface area contributed by atoms with Crippen LogP contribution < -0.4 is 4.74 Å². The van der Waals surface area contributed by atoms with E-state index in [0.29, 0.717) is 22.2 Å². The molecule has 0 amide bonds. The molecule has 0 unspecified atom stereocenters. The van der Waals surface area contributed by atoms with Crippen molar-refractivity contribution in [3.63, 3.8) is 0 Å². The summed E-state index contributed by atoms with van der Waals surface area (Å²) in [5.74, 6) is -0.615. The molecule has 0 spiro atoms. The van der Waals surface area contributed by atoms with E-state index in [-0.39, 0.29) is 0 Å². The minimum Gasteiger partial charge on any atom is -0.496 e. The summed E-state index contributed by atoms with van der Waals surface area (Å²) in [7, 11) is 2.71. The van der Waals surface area contributed by atoms with E-state index in [9.17, 15) is 9.18 Å². The van der Waals surface area contributed by atoms with Crippen LogP contribution >= 0.6 is 0 Å². The van der Waals surface area contributed by atoms with Crippen LogP contribution in [-0.4, -0.2) is 25.2 Å². The van der Waals surface area contributed by atoms with E-state index in [1.807, 2.05) is 0 Å². The monoisotopic (exact) mass is 223 g/mol. The molecule has 1 aromatic heterocycles. The molecule has 0 radical (unpaired) electrons. The summed E-state index contributed by atoms with van der Waals surface area (Å²) in [6.07, 6.45) is 1.47. The van der Waals surface area contributed by atoms with E-state index < -0.39 is 11.8 Å². The number of hydrogen-bond donors (Lipinski definition) is 1. The first-order valence-corrected chi connectivity index (χ1v) is 4.60. The summed E-state index contributed by atoms with van der Waals surface area (Å²) in [4.78, 5) is 14.2. The molecule has 4 nitrogen and oxygen atoms in total. The van der Waals surface area contributed by atoms with Gasteiger partial charge in [-0.05, 0) is 6.07 Å². The minimum atomic E-state index is -0.490. The molecule has 16 heavy (non-hydrogen) atoms. The Hall–Kier alpha value is -2.04. The van der Waals surface area contributed by atoms with Crippen LogP contribution in [0.4, 0.5) is 4.39 Å². The van der Waals surface area contributed by atoms with Crippen molar-refractivity contribution in [2.24, 2.45) is 0 Å². The lowest BCUT2D eigenvalue weighted by atomic mass is 10.1. The molecule has 0 saturated heterocycles. The lowest BCUT2D eigenvalue weighted by Crippen LogP contribution is -2.00. The highest BCUT2D eigenvalue weighted by Gasteiger charge is 2.17. The maximum atomic E-state index is 13.2. The van der Waals surface area contributed by atoms with Crippen molar-refractivity contribution >= 4 is 16.9 Å². The molecule has 2 aromatic rings. The van der Waals surface area contributed by atoms with Crippen molar-refractivity contribution in [3.8, 4) is 5.75 Å². The second kappa shape index (κ2) is 3.84. The maximum absolute atomic E-state index is 13.2. The van der Waals surface area contributed by atoms with E-state index in [1.165, 1.54) is 32.5 Å². The Morgan fingerprint density at radius 2 is 2.12 bits per heavy atom. The average molecular weight is 223 g/mol. The Labute approximate surface area is 91.0 Å². The van der Waals surface area contributed by atoms with E-state index in [0.717, 1.165) is 0 Å². The number of methoxy groups -OCH3 is 2. The molecule has 0 aliphatic carbocycles. The fourth-order valence-corrected chi connectivity index (χ4v) is 1.63. The summed E-state index contributed by atoms with van der Waals surface area (Å²) in [5.41, 5.74) is 0.826. The fourth-order valence-electron chi connectivity index (χ4n) is 1.63. The largest absolute Gasteiger partial charge is 0.496 e. The van der Waals surface area contributed by atoms with Gasteiger partial charge in [0.2, 0.25) is 0 Å². The van der Waals surface area contributed by atoms with Crippen molar-refractivity contribution < 1.29 is 18.7 Å². The predicted octanol–water partition coefficient (Wildman–Crippen LogP) is 2.10. The molecular formula is C11H10FNO3. The lowest BCUT2D eigenvalue weighted by molar-refractivity contribution is 0.0603. The van der Waals surface area contributed by atoms with Gasteiger partial charge in [0.05, 0.1) is 30.7 Å². The van der Waals surface area contributed by atoms with Crippen molar-refractivity contribution in [2.45, 2.75) is 0 Å². The standard InChI is InChI=1S/C11H10FNO3/c1-15-9-4-6(12)3-8-10(9)7(5-13-8)11(14)16-2/h3-5,13H,1-2H3. The number of nitrogens with one attached hydrogen (secondary N) is 1. The molecule has 0 atom stereocenters. The number of ether oxygens (including phenoxy) is 2. The molecule has 1 heterocycles. The third-order valence-electron chi connectivity index (χ3n) is 2.33. The molecule has 0 bridgehead atoms. The van der Waals surface area contributed by atoms with E-state index in [4.69, 9.17) is 4.74 Å². The molecule has 84 valence electrons. The number of carbonyl (C=O) groups excluding carboxylic acids is 1. The molecule has 0 saturated carbocycles. The highest BCUT2D eigenvalue weighted by Crippen LogP contribution is 2.30. The van der Waals surface area contributed by atoms with Gasteiger partial charge in [-0.3, -0.25) is 0 Å². The van der Waals surface area contributed by atoms with E-state index in [1.54, 1.807) is 0 Å². The van der Waals surface area contributed by atoms with Crippen molar-refractivity contribution in [1.82, 2.24) is 4.98 Å². The number of hydrogen-bond acceptors (Lipinski definition) is 3. The number of rotatable bonds is 2. The molecule has 0 aliphatic heterocycles. The van der Waals surface area contributed by atoms with Crippen molar-refractivity contribution in [1.29, 1.82) is 0 Å². The van der Waals surface area contributed by atoms with Gasteiger partial charge in [-0.15, -0.1) is 0 Å². The van der Waals surface area contributed by atoms with Crippen LogP contribution in [0.3, 0.4) is 0 Å². The summed E-state index contributed by atoms with van der Waals surface area (Å²) < 4.78 is 22.8. The average Bonchev–Trinajstić information content (AvgIpc) is 2.70. The maximum Gasteiger partial charge on any atom is 0.340 e. The van der Waals surface area contributed by atoms with Gasteiger partial charge in [0, 0.05) is 12.3 Å². The van der Waals surface area contributed by atoms with Gasteiger partial charge in [0.15, 0.2) is 0 Å². The second-order valence-corrected chi connectivity index (χ2v) is 3.22. The number of benzene rings is 1. The lowest BCUT2D eigenvalue weighted by Gasteiger charge is -2.04. The van der Waals surface area contributed by atoms with Crippen LogP contribution in [0.1, 0.15) is 10.4 Å². The smallest absolute Gasteiger partial charge is 0.340 e. The second-order valence-electron chi connectivity index (χ2n) is 3.22. The van der Waals surface area contributed by atoms with E-state index >= 15 is 0 Å². The van der Waals surface area contributed by atoms with Gasteiger partial charge in [0.1, 0.15) is 11.6 Å². The van der Waals surface area contributed by atoms with Gasteiger partial charge < -0.3 is 14.5 Å². The molecule has 1 aromatic carbocycles. The third kappa shape index (κ3) is 1.50. The predicted molar refractivity (Wildman–Crippen MR) is 56.1 cm³/mol. The normalized spacial score (nSPS) is 10.4. The van der Waals surface area contributed by atoms with Crippen molar-refractivity contribution in [3.05, 3.63) is 29.7 Å². The third-order valence-corrected chi connectivity index (χ3v) is 2.33. The summed E-state index contributed by atoms with van der Waals surface area (Å²) in [6.45, 7) is 0. The van der Waals surface area contributed by atoms with Crippen molar-refractivity contribution in [2.75, 3.05) is 14.2 Å². The number of aromatic nitrogens is 1. The zero-order valence-corrected chi connectivity index (χ0v) is 8.83. The van der Waals surface area contributed by atoms with E-state index in [2.05, 4.69) is 9.72 Å². The Morgan fingerprint density at radius 1 is 1.38 bits per heavy atom.